The van der Waals surface area contributed by atoms with Crippen LogP contribution in [0.25, 0.3) is 11.4 Å². The second-order valence-electron chi connectivity index (χ2n) is 7.81. The van der Waals surface area contributed by atoms with Crippen LogP contribution in [0.2, 0.25) is 0 Å². The van der Waals surface area contributed by atoms with Crippen LogP contribution < -0.4 is 5.32 Å². The molecule has 1 aliphatic heterocycles. The summed E-state index contributed by atoms with van der Waals surface area (Å²) >= 11 is 0. The predicted octanol–water partition coefficient (Wildman–Crippen LogP) is 4.18. The van der Waals surface area contributed by atoms with E-state index >= 15 is 0 Å². The number of hydrogen-bond acceptors (Lipinski definition) is 6. The minimum atomic E-state index is -0.568. The first-order valence-corrected chi connectivity index (χ1v) is 10.2. The van der Waals surface area contributed by atoms with Crippen molar-refractivity contribution in [1.82, 2.24) is 15.0 Å². The van der Waals surface area contributed by atoms with Gasteiger partial charge in [-0.15, -0.1) is 0 Å². The quantitative estimate of drug-likeness (QED) is 0.500. The minimum Gasteiger partial charge on any atom is -0.382 e. The van der Waals surface area contributed by atoms with E-state index in [0.29, 0.717) is 43.2 Å². The first-order chi connectivity index (χ1) is 14.4. The maximum Gasteiger partial charge on any atom is 0.249 e. The Morgan fingerprint density at radius 2 is 2.17 bits per heavy atom. The molecule has 0 unspecified atom stereocenters. The van der Waals surface area contributed by atoms with E-state index in [4.69, 9.17) is 9.93 Å². The summed E-state index contributed by atoms with van der Waals surface area (Å²) in [5.41, 5.74) is 2.77. The monoisotopic (exact) mass is 413 g/mol. The topological polar surface area (TPSA) is 95.1 Å². The normalized spacial score (nSPS) is 14.7. The van der Waals surface area contributed by atoms with E-state index < -0.39 is 6.67 Å². The zero-order valence-electron chi connectivity index (χ0n) is 17.4. The van der Waals surface area contributed by atoms with Crippen molar-refractivity contribution in [3.05, 3.63) is 41.8 Å². The molecule has 1 aromatic heterocycles. The number of aromatic nitrogens is 2. The Morgan fingerprint density at radius 3 is 2.80 bits per heavy atom. The number of anilines is 1. The van der Waals surface area contributed by atoms with E-state index in [0.717, 1.165) is 16.8 Å². The Kier molecular flexibility index (Phi) is 6.97. The third-order valence-electron chi connectivity index (χ3n) is 5.18. The van der Waals surface area contributed by atoms with Crippen molar-refractivity contribution >= 4 is 17.8 Å². The number of carbonyl (C=O) groups is 1. The first kappa shape index (κ1) is 21.7. The van der Waals surface area contributed by atoms with Crippen LogP contribution in [-0.2, 0) is 4.79 Å². The molecule has 1 aliphatic rings. The zero-order chi connectivity index (χ0) is 21.7. The smallest absolute Gasteiger partial charge is 0.249 e. The number of halogens is 1. The van der Waals surface area contributed by atoms with Crippen molar-refractivity contribution in [3.63, 3.8) is 0 Å². The number of rotatable bonds is 8. The predicted molar refractivity (Wildman–Crippen MR) is 115 cm³/mol. The van der Waals surface area contributed by atoms with Crippen LogP contribution in [0.3, 0.4) is 0 Å². The third-order valence-corrected chi connectivity index (χ3v) is 5.18. The maximum absolute atomic E-state index is 12.5. The molecule has 0 atom stereocenters. The van der Waals surface area contributed by atoms with E-state index in [1.54, 1.807) is 4.90 Å². The molecule has 3 rings (SSSR count). The van der Waals surface area contributed by atoms with Crippen LogP contribution in [0.5, 0.6) is 0 Å². The zero-order valence-corrected chi connectivity index (χ0v) is 17.4. The number of carbonyl (C=O) groups excluding carboxylic acids is 1. The van der Waals surface area contributed by atoms with E-state index in [-0.39, 0.29) is 24.3 Å². The molecular weight excluding hydrogens is 385 g/mol. The van der Waals surface area contributed by atoms with E-state index in [1.807, 2.05) is 32.0 Å². The number of benzene rings is 1. The van der Waals surface area contributed by atoms with Gasteiger partial charge in [0.1, 0.15) is 0 Å². The Hall–Kier alpha value is -3.03. The van der Waals surface area contributed by atoms with Crippen molar-refractivity contribution in [1.29, 1.82) is 5.41 Å². The van der Waals surface area contributed by atoms with Crippen LogP contribution in [0.1, 0.15) is 50.5 Å². The molecule has 2 heterocycles. The van der Waals surface area contributed by atoms with E-state index in [9.17, 15) is 9.18 Å². The summed E-state index contributed by atoms with van der Waals surface area (Å²) in [6.07, 6.45) is 2.82. The van der Waals surface area contributed by atoms with Crippen LogP contribution in [-0.4, -0.2) is 53.0 Å². The Morgan fingerprint density at radius 1 is 1.43 bits per heavy atom. The molecule has 160 valence electrons. The number of nitrogens with zero attached hydrogens (tertiary/aromatic N) is 3. The number of nitrogens with one attached hydrogen (secondary N) is 2. The average molecular weight is 413 g/mol. The number of piperidine rings is 1. The van der Waals surface area contributed by atoms with Gasteiger partial charge < -0.3 is 20.1 Å². The Bertz CT molecular complexity index is 916. The van der Waals surface area contributed by atoms with Crippen LogP contribution in [0.4, 0.5) is 10.1 Å². The lowest BCUT2D eigenvalue weighted by molar-refractivity contribution is -0.128. The standard InChI is InChI=1S/C22H28FN5O2/c1-14(2)25-19-12-17(4-5-18(19)13-24)20-26-21(30-27-20)16-7-10-28(11-8-16)22(29)15(3)6-9-23/h4-5,12-14,16,24-25H,3,6-11H2,1-2H3. The second kappa shape index (κ2) is 9.65. The summed E-state index contributed by atoms with van der Waals surface area (Å²) in [6, 6.07) is 5.89. The molecule has 0 aliphatic carbocycles. The van der Waals surface area contributed by atoms with E-state index in [1.165, 1.54) is 6.21 Å². The van der Waals surface area contributed by atoms with Crippen molar-refractivity contribution in [3.8, 4) is 11.4 Å². The number of likely N-dealkylation sites (tertiary alicyclic amines) is 1. The number of amides is 1. The van der Waals surface area contributed by atoms with Gasteiger partial charge in [0, 0.05) is 60.1 Å². The van der Waals surface area contributed by atoms with Gasteiger partial charge in [-0.2, -0.15) is 4.98 Å². The highest BCUT2D eigenvalue weighted by atomic mass is 19.1. The summed E-state index contributed by atoms with van der Waals surface area (Å²) in [5.74, 6) is 0.977. The van der Waals surface area contributed by atoms with Gasteiger partial charge in [0.2, 0.25) is 17.6 Å². The van der Waals surface area contributed by atoms with Crippen molar-refractivity contribution < 1.29 is 13.7 Å². The van der Waals surface area contributed by atoms with Crippen molar-refractivity contribution in [2.45, 2.75) is 45.1 Å². The van der Waals surface area contributed by atoms with Crippen LogP contribution in [0.15, 0.2) is 34.9 Å². The molecule has 1 amide bonds. The fourth-order valence-electron chi connectivity index (χ4n) is 3.55. The summed E-state index contributed by atoms with van der Waals surface area (Å²) in [6.45, 7) is 8.31. The lowest BCUT2D eigenvalue weighted by Crippen LogP contribution is -2.38. The lowest BCUT2D eigenvalue weighted by Gasteiger charge is -2.30. The first-order valence-electron chi connectivity index (χ1n) is 10.2. The maximum atomic E-state index is 12.5. The Labute approximate surface area is 175 Å². The fraction of sp³-hybridized carbons (Fsp3) is 0.455. The fourth-order valence-corrected chi connectivity index (χ4v) is 3.55. The lowest BCUT2D eigenvalue weighted by atomic mass is 9.96. The second-order valence-corrected chi connectivity index (χ2v) is 7.81. The highest BCUT2D eigenvalue weighted by Crippen LogP contribution is 2.30. The molecule has 1 fully saturated rings. The highest BCUT2D eigenvalue weighted by molar-refractivity contribution is 5.92. The van der Waals surface area contributed by atoms with Gasteiger partial charge in [-0.25, -0.2) is 0 Å². The van der Waals surface area contributed by atoms with Crippen molar-refractivity contribution in [2.24, 2.45) is 0 Å². The molecule has 1 saturated heterocycles. The van der Waals surface area contributed by atoms with Gasteiger partial charge in [-0.05, 0) is 32.8 Å². The molecule has 0 bridgehead atoms. The summed E-state index contributed by atoms with van der Waals surface area (Å²) in [5, 5.41) is 15.0. The van der Waals surface area contributed by atoms with Gasteiger partial charge in [-0.1, -0.05) is 23.9 Å². The molecule has 2 aromatic rings. The molecule has 8 heteroatoms. The molecular formula is C22H28FN5O2. The Balaban J connectivity index is 1.68. The van der Waals surface area contributed by atoms with Crippen molar-refractivity contribution in [2.75, 3.05) is 25.1 Å². The third kappa shape index (κ3) is 4.93. The summed E-state index contributed by atoms with van der Waals surface area (Å²) in [7, 11) is 0. The summed E-state index contributed by atoms with van der Waals surface area (Å²) < 4.78 is 18.0. The van der Waals surface area contributed by atoms with Gasteiger partial charge in [-0.3, -0.25) is 9.18 Å². The molecule has 1 aromatic carbocycles. The largest absolute Gasteiger partial charge is 0.382 e. The van der Waals surface area contributed by atoms with Gasteiger partial charge in [0.15, 0.2) is 0 Å². The minimum absolute atomic E-state index is 0.0796. The van der Waals surface area contributed by atoms with E-state index in [2.05, 4.69) is 22.0 Å². The van der Waals surface area contributed by atoms with Gasteiger partial charge in [0.05, 0.1) is 6.67 Å². The van der Waals surface area contributed by atoms with Gasteiger partial charge in [0.25, 0.3) is 0 Å². The van der Waals surface area contributed by atoms with Crippen LogP contribution >= 0.6 is 0 Å². The van der Waals surface area contributed by atoms with Gasteiger partial charge >= 0.3 is 0 Å². The summed E-state index contributed by atoms with van der Waals surface area (Å²) in [4.78, 5) is 18.6. The molecule has 0 spiro atoms. The molecule has 2 N–H and O–H groups in total. The average Bonchev–Trinajstić information content (AvgIpc) is 3.23. The molecule has 7 nitrogen and oxygen atoms in total. The SMILES string of the molecule is C=C(CCF)C(=O)N1CCC(c2nc(-c3ccc(C=N)c(NC(C)C)c3)no2)CC1. The molecule has 0 saturated carbocycles. The highest BCUT2D eigenvalue weighted by Gasteiger charge is 2.28. The number of alkyl halides is 1. The number of hydrogen-bond donors (Lipinski definition) is 2. The molecule has 0 radical (unpaired) electrons. The molecule has 30 heavy (non-hydrogen) atoms. The van der Waals surface area contributed by atoms with Crippen LogP contribution in [0, 0.1) is 5.41 Å².